The minimum absolute atomic E-state index is 0.500. The summed E-state index contributed by atoms with van der Waals surface area (Å²) >= 11 is 1.41. The quantitative estimate of drug-likeness (QED) is 0.708. The summed E-state index contributed by atoms with van der Waals surface area (Å²) in [7, 11) is 0. The van der Waals surface area contributed by atoms with Gasteiger partial charge in [0.1, 0.15) is 5.82 Å². The summed E-state index contributed by atoms with van der Waals surface area (Å²) < 4.78 is 10.2. The molecule has 0 bridgehead atoms. The number of rotatable bonds is 5. The highest BCUT2D eigenvalue weighted by molar-refractivity contribution is 7.03. The van der Waals surface area contributed by atoms with Crippen LogP contribution in [0.3, 0.4) is 0 Å². The van der Waals surface area contributed by atoms with Crippen LogP contribution < -0.4 is 4.74 Å². The maximum absolute atomic E-state index is 6.04. The van der Waals surface area contributed by atoms with Gasteiger partial charge in [0.2, 0.25) is 5.88 Å². The van der Waals surface area contributed by atoms with Crippen molar-refractivity contribution in [2.24, 2.45) is 5.92 Å². The summed E-state index contributed by atoms with van der Waals surface area (Å²) in [6, 6.07) is 4.24. The Labute approximate surface area is 145 Å². The molecule has 0 N–H and O–H groups in total. The Kier molecular flexibility index (Phi) is 3.98. The molecule has 1 unspecified atom stereocenters. The van der Waals surface area contributed by atoms with Gasteiger partial charge in [-0.1, -0.05) is 6.07 Å². The van der Waals surface area contributed by atoms with E-state index in [0.717, 1.165) is 23.2 Å². The lowest BCUT2D eigenvalue weighted by Crippen LogP contribution is -2.05. The number of pyridine rings is 1. The van der Waals surface area contributed by atoms with Gasteiger partial charge in [-0.2, -0.15) is 4.98 Å². The van der Waals surface area contributed by atoms with Crippen LogP contribution in [0.2, 0.25) is 0 Å². The van der Waals surface area contributed by atoms with Crippen molar-refractivity contribution in [3.8, 4) is 17.0 Å². The number of aryl methyl sites for hydroxylation is 2. The molecule has 0 aliphatic heterocycles. The van der Waals surface area contributed by atoms with E-state index < -0.39 is 0 Å². The van der Waals surface area contributed by atoms with E-state index in [0.29, 0.717) is 30.1 Å². The standard InChI is InChI=1S/C18H18N4OS/c1-11-3-4-17(20-6-11)15-5-13(15)9-23-18-16(8-19-12(2)22-18)14-7-21-24-10-14/h3-4,6-8,10,13,15H,5,9H2,1-2H3/t13?,15-/m1/s1. The van der Waals surface area contributed by atoms with Crippen molar-refractivity contribution in [3.05, 3.63) is 53.2 Å². The maximum Gasteiger partial charge on any atom is 0.224 e. The zero-order valence-corrected chi connectivity index (χ0v) is 14.5. The molecule has 24 heavy (non-hydrogen) atoms. The second-order valence-electron chi connectivity index (χ2n) is 6.22. The first-order valence-corrected chi connectivity index (χ1v) is 8.83. The Morgan fingerprint density at radius 3 is 2.83 bits per heavy atom. The molecule has 6 heteroatoms. The predicted octanol–water partition coefficient (Wildman–Crippen LogP) is 3.79. The lowest BCUT2D eigenvalue weighted by Gasteiger charge is -2.09. The molecule has 3 aromatic heterocycles. The largest absolute Gasteiger partial charge is 0.477 e. The van der Waals surface area contributed by atoms with Crippen LogP contribution in [-0.4, -0.2) is 25.9 Å². The van der Waals surface area contributed by atoms with Crippen molar-refractivity contribution in [1.82, 2.24) is 19.3 Å². The molecule has 2 atom stereocenters. The van der Waals surface area contributed by atoms with Gasteiger partial charge >= 0.3 is 0 Å². The van der Waals surface area contributed by atoms with Crippen molar-refractivity contribution in [1.29, 1.82) is 0 Å². The van der Waals surface area contributed by atoms with Gasteiger partial charge < -0.3 is 4.74 Å². The maximum atomic E-state index is 6.04. The average molecular weight is 338 g/mol. The topological polar surface area (TPSA) is 60.8 Å². The van der Waals surface area contributed by atoms with Gasteiger partial charge in [0.25, 0.3) is 0 Å². The first-order chi connectivity index (χ1) is 11.7. The number of nitrogens with zero attached hydrogens (tertiary/aromatic N) is 4. The molecule has 4 rings (SSSR count). The minimum atomic E-state index is 0.500. The summed E-state index contributed by atoms with van der Waals surface area (Å²) in [5, 5.41) is 1.98. The summed E-state index contributed by atoms with van der Waals surface area (Å²) in [5.74, 6) is 2.36. The lowest BCUT2D eigenvalue weighted by atomic mass is 10.2. The van der Waals surface area contributed by atoms with Crippen LogP contribution in [0.25, 0.3) is 11.1 Å². The van der Waals surface area contributed by atoms with Crippen molar-refractivity contribution in [2.45, 2.75) is 26.2 Å². The number of ether oxygens (including phenoxy) is 1. The van der Waals surface area contributed by atoms with Crippen molar-refractivity contribution < 1.29 is 4.74 Å². The zero-order chi connectivity index (χ0) is 16.5. The molecule has 5 nitrogen and oxygen atoms in total. The van der Waals surface area contributed by atoms with E-state index in [2.05, 4.69) is 38.4 Å². The monoisotopic (exact) mass is 338 g/mol. The summed E-state index contributed by atoms with van der Waals surface area (Å²) in [6.07, 6.45) is 6.69. The predicted molar refractivity (Wildman–Crippen MR) is 93.2 cm³/mol. The van der Waals surface area contributed by atoms with E-state index in [4.69, 9.17) is 4.74 Å². The fourth-order valence-corrected chi connectivity index (χ4v) is 3.31. The fraction of sp³-hybridized carbons (Fsp3) is 0.333. The van der Waals surface area contributed by atoms with Gasteiger partial charge in [0.05, 0.1) is 12.2 Å². The first kappa shape index (κ1) is 15.2. The summed E-state index contributed by atoms with van der Waals surface area (Å²) in [6.45, 7) is 4.59. The van der Waals surface area contributed by atoms with Gasteiger partial charge in [-0.05, 0) is 43.4 Å². The number of hydrogen-bond acceptors (Lipinski definition) is 6. The Bertz CT molecular complexity index is 833. The van der Waals surface area contributed by atoms with Gasteiger partial charge in [-0.15, -0.1) is 0 Å². The molecule has 0 radical (unpaired) electrons. The van der Waals surface area contributed by atoms with E-state index in [-0.39, 0.29) is 0 Å². The molecule has 3 heterocycles. The molecule has 0 spiro atoms. The molecule has 0 saturated heterocycles. The van der Waals surface area contributed by atoms with Gasteiger partial charge in [-0.3, -0.25) is 4.98 Å². The minimum Gasteiger partial charge on any atom is -0.477 e. The lowest BCUT2D eigenvalue weighted by molar-refractivity contribution is 0.285. The van der Waals surface area contributed by atoms with Gasteiger partial charge in [0.15, 0.2) is 0 Å². The van der Waals surface area contributed by atoms with Crippen molar-refractivity contribution in [2.75, 3.05) is 6.61 Å². The van der Waals surface area contributed by atoms with Crippen LogP contribution >= 0.6 is 11.5 Å². The summed E-state index contributed by atoms with van der Waals surface area (Å²) in [4.78, 5) is 13.3. The third kappa shape index (κ3) is 3.14. The molecular weight excluding hydrogens is 320 g/mol. The Morgan fingerprint density at radius 2 is 2.08 bits per heavy atom. The van der Waals surface area contributed by atoms with Crippen LogP contribution in [0.4, 0.5) is 0 Å². The molecule has 1 fully saturated rings. The van der Waals surface area contributed by atoms with E-state index >= 15 is 0 Å². The normalized spacial score (nSPS) is 19.2. The highest BCUT2D eigenvalue weighted by Gasteiger charge is 2.40. The molecule has 0 aromatic carbocycles. The molecule has 1 aliphatic rings. The van der Waals surface area contributed by atoms with Gasteiger partial charge in [0, 0.05) is 47.1 Å². The van der Waals surface area contributed by atoms with Crippen molar-refractivity contribution >= 4 is 11.5 Å². The third-order valence-electron chi connectivity index (χ3n) is 4.29. The average Bonchev–Trinajstić information content (AvgIpc) is 3.15. The van der Waals surface area contributed by atoms with E-state index in [1.165, 1.54) is 17.1 Å². The second-order valence-corrected chi connectivity index (χ2v) is 6.88. The molecule has 1 saturated carbocycles. The Morgan fingerprint density at radius 1 is 1.17 bits per heavy atom. The zero-order valence-electron chi connectivity index (χ0n) is 13.6. The SMILES string of the molecule is Cc1ccc([C@@H]2CC2COc2nc(C)ncc2-c2cnsc2)nc1. The number of hydrogen-bond donors (Lipinski definition) is 0. The second kappa shape index (κ2) is 6.28. The highest BCUT2D eigenvalue weighted by Crippen LogP contribution is 2.47. The highest BCUT2D eigenvalue weighted by atomic mass is 32.1. The van der Waals surface area contributed by atoms with Crippen LogP contribution in [-0.2, 0) is 0 Å². The first-order valence-electron chi connectivity index (χ1n) is 7.99. The van der Waals surface area contributed by atoms with Gasteiger partial charge in [-0.25, -0.2) is 9.36 Å². The smallest absolute Gasteiger partial charge is 0.224 e. The summed E-state index contributed by atoms with van der Waals surface area (Å²) in [5.41, 5.74) is 4.26. The molecule has 0 amide bonds. The van der Waals surface area contributed by atoms with E-state index in [9.17, 15) is 0 Å². The third-order valence-corrected chi connectivity index (χ3v) is 4.87. The van der Waals surface area contributed by atoms with Crippen molar-refractivity contribution in [3.63, 3.8) is 0 Å². The van der Waals surface area contributed by atoms with Crippen LogP contribution in [0.5, 0.6) is 5.88 Å². The number of aromatic nitrogens is 4. The fourth-order valence-electron chi connectivity index (χ4n) is 2.77. The van der Waals surface area contributed by atoms with E-state index in [1.807, 2.05) is 30.9 Å². The molecule has 1 aliphatic carbocycles. The Hall–Kier alpha value is -2.34. The van der Waals surface area contributed by atoms with Crippen LogP contribution in [0.15, 0.2) is 36.1 Å². The Balaban J connectivity index is 1.45. The van der Waals surface area contributed by atoms with E-state index in [1.54, 1.807) is 0 Å². The molecule has 3 aromatic rings. The molecule has 122 valence electrons. The van der Waals surface area contributed by atoms with Crippen LogP contribution in [0, 0.1) is 19.8 Å². The van der Waals surface area contributed by atoms with Crippen LogP contribution in [0.1, 0.15) is 29.4 Å². The molecular formula is C18H18N4OS.